The molecule has 3 aromatic rings. The van der Waals surface area contributed by atoms with Gasteiger partial charge in [-0.3, -0.25) is 0 Å². The lowest BCUT2D eigenvalue weighted by molar-refractivity contribution is 0.0522. The van der Waals surface area contributed by atoms with E-state index in [0.29, 0.717) is 5.56 Å². The number of carbonyl (C=O) groups excluding carboxylic acids is 1. The lowest BCUT2D eigenvalue weighted by atomic mass is 10.0. The number of nitrogens with zero attached hydrogens (tertiary/aromatic N) is 3. The monoisotopic (exact) mass is 500 g/mol. The quantitative estimate of drug-likeness (QED) is 0.477. The first-order chi connectivity index (χ1) is 13.7. The van der Waals surface area contributed by atoms with Crippen molar-refractivity contribution in [3.63, 3.8) is 0 Å². The molecule has 0 aliphatic heterocycles. The van der Waals surface area contributed by atoms with Gasteiger partial charge in [-0.05, 0) is 97.7 Å². The summed E-state index contributed by atoms with van der Waals surface area (Å²) in [6.07, 6.45) is 1.46. The van der Waals surface area contributed by atoms with E-state index < -0.39 is 11.7 Å². The van der Waals surface area contributed by atoms with Crippen LogP contribution in [-0.2, 0) is 11.2 Å². The summed E-state index contributed by atoms with van der Waals surface area (Å²) in [6.45, 7) is 5.51. The predicted octanol–water partition coefficient (Wildman–Crippen LogP) is 5.40. The highest BCUT2D eigenvalue weighted by Gasteiger charge is 2.24. The van der Waals surface area contributed by atoms with Crippen LogP contribution in [0.1, 0.15) is 49.9 Å². The van der Waals surface area contributed by atoms with Crippen LogP contribution in [0.3, 0.4) is 0 Å². The molecule has 6 nitrogen and oxygen atoms in total. The molecular weight excluding hydrogens is 479 g/mol. The first-order valence-electron chi connectivity index (χ1n) is 9.46. The van der Waals surface area contributed by atoms with Crippen LogP contribution in [-0.4, -0.2) is 21.5 Å². The van der Waals surface area contributed by atoms with Gasteiger partial charge < -0.3 is 10.1 Å². The average Bonchev–Trinajstić information content (AvgIpc) is 3.21. The molecule has 0 amide bonds. The van der Waals surface area contributed by atoms with Crippen LogP contribution >= 0.6 is 22.6 Å². The van der Waals surface area contributed by atoms with Gasteiger partial charge in [-0.25, -0.2) is 4.79 Å². The number of rotatable bonds is 2. The number of nitriles is 1. The number of nitrogens with one attached hydrogen (secondary N) is 1. The molecule has 1 heterocycles. The second-order valence-electron chi connectivity index (χ2n) is 8.18. The van der Waals surface area contributed by atoms with Crippen LogP contribution in [0, 0.1) is 15.0 Å². The van der Waals surface area contributed by atoms with Gasteiger partial charge in [-0.1, -0.05) is 6.07 Å². The fourth-order valence-corrected chi connectivity index (χ4v) is 4.30. The van der Waals surface area contributed by atoms with Crippen molar-refractivity contribution in [2.24, 2.45) is 0 Å². The number of hydrogen-bond acceptors (Lipinski definition) is 5. The third kappa shape index (κ3) is 3.94. The van der Waals surface area contributed by atoms with E-state index in [1.165, 1.54) is 15.8 Å². The summed E-state index contributed by atoms with van der Waals surface area (Å²) in [4.78, 5) is 12.5. The molecule has 0 saturated carbocycles. The van der Waals surface area contributed by atoms with Crippen LogP contribution < -0.4 is 5.32 Å². The Kier molecular flexibility index (Phi) is 4.99. The number of ether oxygens (including phenoxy) is 1. The SMILES string of the molecule is CC(C)(C)OC(=O)n1nc(I)c2cc(NC3CCc4cc(C#N)ccc43)ccc21. The van der Waals surface area contributed by atoms with Crippen molar-refractivity contribution in [3.05, 3.63) is 56.8 Å². The molecule has 1 unspecified atom stereocenters. The standard InChI is InChI=1S/C22H21IN4O2/c1-22(2,3)29-21(28)27-19-9-6-15(11-17(19)20(23)26-27)25-18-8-5-14-10-13(12-24)4-7-16(14)18/h4,6-7,9-11,18,25H,5,8H2,1-3H3. The first-order valence-corrected chi connectivity index (χ1v) is 10.5. The Labute approximate surface area is 183 Å². The highest BCUT2D eigenvalue weighted by Crippen LogP contribution is 2.35. The van der Waals surface area contributed by atoms with E-state index in [1.54, 1.807) is 0 Å². The Balaban J connectivity index is 1.61. The molecule has 1 aliphatic carbocycles. The van der Waals surface area contributed by atoms with Crippen molar-refractivity contribution >= 4 is 45.3 Å². The van der Waals surface area contributed by atoms with Gasteiger partial charge in [0.05, 0.1) is 23.2 Å². The minimum atomic E-state index is -0.580. The molecule has 4 rings (SSSR count). The van der Waals surface area contributed by atoms with Gasteiger partial charge in [0.15, 0.2) is 0 Å². The summed E-state index contributed by atoms with van der Waals surface area (Å²) in [5.74, 6) is 0. The number of fused-ring (bicyclic) bond motifs is 2. The zero-order valence-electron chi connectivity index (χ0n) is 16.5. The van der Waals surface area contributed by atoms with Gasteiger partial charge in [0.1, 0.15) is 9.30 Å². The Morgan fingerprint density at radius 1 is 1.31 bits per heavy atom. The topological polar surface area (TPSA) is 79.9 Å². The van der Waals surface area contributed by atoms with Crippen LogP contribution in [0.5, 0.6) is 0 Å². The first kappa shape index (κ1) is 19.7. The summed E-state index contributed by atoms with van der Waals surface area (Å²) in [6, 6.07) is 14.2. The number of hydrogen-bond donors (Lipinski definition) is 1. The van der Waals surface area contributed by atoms with E-state index in [-0.39, 0.29) is 6.04 Å². The fraction of sp³-hybridized carbons (Fsp3) is 0.318. The van der Waals surface area contributed by atoms with Crippen LogP contribution in [0.4, 0.5) is 10.5 Å². The second kappa shape index (κ2) is 7.34. The molecule has 2 aromatic carbocycles. The predicted molar refractivity (Wildman–Crippen MR) is 120 cm³/mol. The molecule has 1 aromatic heterocycles. The Morgan fingerprint density at radius 3 is 2.83 bits per heavy atom. The molecule has 0 spiro atoms. The maximum absolute atomic E-state index is 12.5. The van der Waals surface area contributed by atoms with Gasteiger partial charge in [0.25, 0.3) is 0 Å². The van der Waals surface area contributed by atoms with E-state index in [9.17, 15) is 4.79 Å². The number of anilines is 1. The maximum Gasteiger partial charge on any atom is 0.435 e. The fourth-order valence-electron chi connectivity index (χ4n) is 3.65. The number of carbonyl (C=O) groups is 1. The van der Waals surface area contributed by atoms with Gasteiger partial charge in [-0.2, -0.15) is 15.0 Å². The van der Waals surface area contributed by atoms with Crippen LogP contribution in [0.15, 0.2) is 36.4 Å². The molecule has 1 atom stereocenters. The molecule has 29 heavy (non-hydrogen) atoms. The van der Waals surface area contributed by atoms with Crippen LogP contribution in [0.25, 0.3) is 10.9 Å². The maximum atomic E-state index is 12.5. The Morgan fingerprint density at radius 2 is 2.10 bits per heavy atom. The van der Waals surface area contributed by atoms with E-state index >= 15 is 0 Å². The smallest absolute Gasteiger partial charge is 0.435 e. The van der Waals surface area contributed by atoms with E-state index in [4.69, 9.17) is 10.00 Å². The van der Waals surface area contributed by atoms with Crippen LogP contribution in [0.2, 0.25) is 0 Å². The molecule has 0 radical (unpaired) electrons. The highest BCUT2D eigenvalue weighted by atomic mass is 127. The Hall–Kier alpha value is -2.60. The highest BCUT2D eigenvalue weighted by molar-refractivity contribution is 14.1. The number of aryl methyl sites for hydroxylation is 1. The van der Waals surface area contributed by atoms with Crippen molar-refractivity contribution in [2.45, 2.75) is 45.3 Å². The van der Waals surface area contributed by atoms with E-state index in [2.05, 4.69) is 39.1 Å². The minimum Gasteiger partial charge on any atom is -0.442 e. The van der Waals surface area contributed by atoms with Crippen molar-refractivity contribution in [1.29, 1.82) is 5.26 Å². The summed E-state index contributed by atoms with van der Waals surface area (Å²) >= 11 is 2.14. The zero-order chi connectivity index (χ0) is 20.8. The lowest BCUT2D eigenvalue weighted by Crippen LogP contribution is -2.27. The number of benzene rings is 2. The van der Waals surface area contributed by atoms with E-state index in [0.717, 1.165) is 33.1 Å². The lowest BCUT2D eigenvalue weighted by Gasteiger charge is -2.19. The van der Waals surface area contributed by atoms with Crippen molar-refractivity contribution in [3.8, 4) is 6.07 Å². The second-order valence-corrected chi connectivity index (χ2v) is 9.20. The summed E-state index contributed by atoms with van der Waals surface area (Å²) in [5, 5.41) is 18.0. The molecule has 148 valence electrons. The van der Waals surface area contributed by atoms with Gasteiger partial charge in [-0.15, -0.1) is 0 Å². The number of halogens is 1. The molecule has 0 bridgehead atoms. The molecular formula is C22H21IN4O2. The Bertz CT molecular complexity index is 1150. The van der Waals surface area contributed by atoms with E-state index in [1.807, 2.05) is 57.2 Å². The number of aromatic nitrogens is 2. The normalized spacial score (nSPS) is 15.8. The van der Waals surface area contributed by atoms with Gasteiger partial charge in [0.2, 0.25) is 0 Å². The molecule has 0 fully saturated rings. The summed E-state index contributed by atoms with van der Waals surface area (Å²) in [5.41, 5.74) is 4.29. The molecule has 1 N–H and O–H groups in total. The third-order valence-electron chi connectivity index (χ3n) is 4.89. The third-order valence-corrected chi connectivity index (χ3v) is 5.69. The van der Waals surface area contributed by atoms with Gasteiger partial charge >= 0.3 is 6.09 Å². The van der Waals surface area contributed by atoms with Gasteiger partial charge in [0, 0.05) is 11.1 Å². The van der Waals surface area contributed by atoms with Crippen molar-refractivity contribution in [1.82, 2.24) is 9.78 Å². The minimum absolute atomic E-state index is 0.203. The largest absolute Gasteiger partial charge is 0.442 e. The van der Waals surface area contributed by atoms with Crippen molar-refractivity contribution < 1.29 is 9.53 Å². The summed E-state index contributed by atoms with van der Waals surface area (Å²) < 4.78 is 7.53. The molecule has 0 saturated heterocycles. The zero-order valence-corrected chi connectivity index (χ0v) is 18.6. The molecule has 1 aliphatic rings. The molecule has 7 heteroatoms. The summed E-state index contributed by atoms with van der Waals surface area (Å²) in [7, 11) is 0. The average molecular weight is 500 g/mol. The van der Waals surface area contributed by atoms with Crippen molar-refractivity contribution in [2.75, 3.05) is 5.32 Å².